The smallest absolute Gasteiger partial charge is 0.247 e. The number of nitrogen functional groups attached to an aromatic ring is 1. The van der Waals surface area contributed by atoms with Crippen molar-refractivity contribution >= 4 is 17.3 Å². The van der Waals surface area contributed by atoms with E-state index in [9.17, 15) is 4.39 Å². The molecular weight excluding hydrogens is 245 g/mol. The molecule has 0 fully saturated rings. The lowest BCUT2D eigenvalue weighted by atomic mass is 10.2. The predicted molar refractivity (Wildman–Crippen MR) is 62.7 cm³/mol. The van der Waals surface area contributed by atoms with Crippen molar-refractivity contribution in [3.8, 4) is 11.6 Å². The number of aryl methyl sites for hydroxylation is 1. The van der Waals surface area contributed by atoms with Crippen LogP contribution in [0.2, 0.25) is 5.15 Å². The van der Waals surface area contributed by atoms with Crippen LogP contribution < -0.4 is 10.5 Å². The summed E-state index contributed by atoms with van der Waals surface area (Å²) in [5, 5.41) is 0.101. The maximum Gasteiger partial charge on any atom is 0.247 e. The molecule has 88 valence electrons. The zero-order chi connectivity index (χ0) is 12.4. The van der Waals surface area contributed by atoms with Gasteiger partial charge in [-0.05, 0) is 18.6 Å². The van der Waals surface area contributed by atoms with E-state index in [1.807, 2.05) is 0 Å². The SMILES string of the molecule is Cc1ccc(F)cc1Oc1ncnc(Cl)c1N. The molecule has 0 aliphatic rings. The van der Waals surface area contributed by atoms with E-state index < -0.39 is 5.82 Å². The third-order valence-electron chi connectivity index (χ3n) is 2.16. The number of halogens is 2. The Kier molecular flexibility index (Phi) is 3.10. The minimum Gasteiger partial charge on any atom is -0.437 e. The van der Waals surface area contributed by atoms with E-state index >= 15 is 0 Å². The molecule has 0 spiro atoms. The molecule has 4 nitrogen and oxygen atoms in total. The van der Waals surface area contributed by atoms with Crippen LogP contribution in [0.25, 0.3) is 0 Å². The van der Waals surface area contributed by atoms with Crippen LogP contribution in [-0.4, -0.2) is 9.97 Å². The normalized spacial score (nSPS) is 10.3. The van der Waals surface area contributed by atoms with Gasteiger partial charge in [0, 0.05) is 6.07 Å². The second kappa shape index (κ2) is 4.55. The molecule has 0 radical (unpaired) electrons. The van der Waals surface area contributed by atoms with Crippen LogP contribution in [0, 0.1) is 12.7 Å². The van der Waals surface area contributed by atoms with Gasteiger partial charge >= 0.3 is 0 Å². The highest BCUT2D eigenvalue weighted by atomic mass is 35.5. The molecule has 0 saturated carbocycles. The van der Waals surface area contributed by atoms with Crippen molar-refractivity contribution < 1.29 is 9.13 Å². The van der Waals surface area contributed by atoms with Gasteiger partial charge in [-0.15, -0.1) is 0 Å². The van der Waals surface area contributed by atoms with Crippen molar-refractivity contribution in [1.29, 1.82) is 0 Å². The van der Waals surface area contributed by atoms with E-state index in [0.717, 1.165) is 5.56 Å². The van der Waals surface area contributed by atoms with Gasteiger partial charge in [-0.1, -0.05) is 17.7 Å². The number of hydrogen-bond acceptors (Lipinski definition) is 4. The molecule has 1 heterocycles. The number of nitrogens with zero attached hydrogens (tertiary/aromatic N) is 2. The molecule has 0 unspecified atom stereocenters. The van der Waals surface area contributed by atoms with Crippen LogP contribution in [0.4, 0.5) is 10.1 Å². The highest BCUT2D eigenvalue weighted by Gasteiger charge is 2.10. The average Bonchev–Trinajstić information content (AvgIpc) is 2.30. The first kappa shape index (κ1) is 11.6. The zero-order valence-electron chi connectivity index (χ0n) is 8.95. The highest BCUT2D eigenvalue weighted by molar-refractivity contribution is 6.32. The van der Waals surface area contributed by atoms with Crippen molar-refractivity contribution in [3.05, 3.63) is 41.1 Å². The Labute approximate surface area is 102 Å². The fourth-order valence-corrected chi connectivity index (χ4v) is 1.35. The molecular formula is C11H9ClFN3O. The van der Waals surface area contributed by atoms with Crippen molar-refractivity contribution in [2.45, 2.75) is 6.92 Å². The van der Waals surface area contributed by atoms with Gasteiger partial charge in [0.15, 0.2) is 5.15 Å². The Morgan fingerprint density at radius 1 is 1.35 bits per heavy atom. The molecule has 0 bridgehead atoms. The first-order chi connectivity index (χ1) is 8.08. The van der Waals surface area contributed by atoms with Gasteiger partial charge < -0.3 is 10.5 Å². The Morgan fingerprint density at radius 2 is 2.12 bits per heavy atom. The lowest BCUT2D eigenvalue weighted by molar-refractivity contribution is 0.456. The lowest BCUT2D eigenvalue weighted by Crippen LogP contribution is -1.98. The highest BCUT2D eigenvalue weighted by Crippen LogP contribution is 2.30. The minimum absolute atomic E-state index is 0.101. The van der Waals surface area contributed by atoms with E-state index in [2.05, 4.69) is 9.97 Å². The summed E-state index contributed by atoms with van der Waals surface area (Å²) in [5.41, 5.74) is 6.53. The summed E-state index contributed by atoms with van der Waals surface area (Å²) in [6.07, 6.45) is 1.22. The van der Waals surface area contributed by atoms with Crippen LogP contribution in [0.1, 0.15) is 5.56 Å². The molecule has 0 atom stereocenters. The van der Waals surface area contributed by atoms with Gasteiger partial charge in [0.1, 0.15) is 23.6 Å². The van der Waals surface area contributed by atoms with E-state index in [1.165, 1.54) is 18.5 Å². The number of anilines is 1. The summed E-state index contributed by atoms with van der Waals surface area (Å²) >= 11 is 5.72. The van der Waals surface area contributed by atoms with Crippen LogP contribution >= 0.6 is 11.6 Å². The first-order valence-electron chi connectivity index (χ1n) is 4.78. The van der Waals surface area contributed by atoms with Gasteiger partial charge in [-0.2, -0.15) is 4.98 Å². The predicted octanol–water partition coefficient (Wildman–Crippen LogP) is 2.95. The average molecular weight is 254 g/mol. The monoisotopic (exact) mass is 253 g/mol. The van der Waals surface area contributed by atoms with Crippen molar-refractivity contribution in [2.75, 3.05) is 5.73 Å². The number of aromatic nitrogens is 2. The zero-order valence-corrected chi connectivity index (χ0v) is 9.70. The quantitative estimate of drug-likeness (QED) is 0.836. The summed E-state index contributed by atoms with van der Waals surface area (Å²) in [6, 6.07) is 4.20. The molecule has 2 aromatic rings. The van der Waals surface area contributed by atoms with Crippen molar-refractivity contribution in [3.63, 3.8) is 0 Å². The van der Waals surface area contributed by atoms with Gasteiger partial charge in [-0.25, -0.2) is 9.37 Å². The first-order valence-corrected chi connectivity index (χ1v) is 5.15. The summed E-state index contributed by atoms with van der Waals surface area (Å²) in [4.78, 5) is 7.54. The van der Waals surface area contributed by atoms with E-state index in [1.54, 1.807) is 13.0 Å². The third-order valence-corrected chi connectivity index (χ3v) is 2.46. The molecule has 1 aromatic carbocycles. The molecule has 0 aliphatic carbocycles. The second-order valence-corrected chi connectivity index (χ2v) is 3.75. The van der Waals surface area contributed by atoms with Gasteiger partial charge in [0.2, 0.25) is 5.88 Å². The molecule has 17 heavy (non-hydrogen) atoms. The molecule has 2 rings (SSSR count). The Morgan fingerprint density at radius 3 is 2.88 bits per heavy atom. The summed E-state index contributed by atoms with van der Waals surface area (Å²) < 4.78 is 18.5. The summed E-state index contributed by atoms with van der Waals surface area (Å²) in [5.74, 6) is 0.0505. The lowest BCUT2D eigenvalue weighted by Gasteiger charge is -2.09. The van der Waals surface area contributed by atoms with Gasteiger partial charge in [0.25, 0.3) is 0 Å². The van der Waals surface area contributed by atoms with Crippen molar-refractivity contribution in [2.24, 2.45) is 0 Å². The fourth-order valence-electron chi connectivity index (χ4n) is 1.23. The molecule has 0 saturated heterocycles. The third kappa shape index (κ3) is 2.45. The van der Waals surface area contributed by atoms with Crippen LogP contribution in [0.15, 0.2) is 24.5 Å². The second-order valence-electron chi connectivity index (χ2n) is 3.40. The number of nitrogens with two attached hydrogens (primary N) is 1. The summed E-state index contributed by atoms with van der Waals surface area (Å²) in [7, 11) is 0. The number of ether oxygens (including phenoxy) is 1. The molecule has 6 heteroatoms. The number of rotatable bonds is 2. The van der Waals surface area contributed by atoms with E-state index in [-0.39, 0.29) is 16.7 Å². The van der Waals surface area contributed by atoms with Gasteiger partial charge in [0.05, 0.1) is 0 Å². The van der Waals surface area contributed by atoms with Crippen molar-refractivity contribution in [1.82, 2.24) is 9.97 Å². The molecule has 1 aromatic heterocycles. The Hall–Kier alpha value is -1.88. The van der Waals surface area contributed by atoms with Gasteiger partial charge in [-0.3, -0.25) is 0 Å². The maximum atomic E-state index is 13.1. The maximum absolute atomic E-state index is 13.1. The fraction of sp³-hybridized carbons (Fsp3) is 0.0909. The molecule has 0 amide bonds. The topological polar surface area (TPSA) is 61.0 Å². The minimum atomic E-state index is -0.399. The van der Waals surface area contributed by atoms with E-state index in [4.69, 9.17) is 22.1 Å². The van der Waals surface area contributed by atoms with Crippen LogP contribution in [0.3, 0.4) is 0 Å². The van der Waals surface area contributed by atoms with E-state index in [0.29, 0.717) is 5.75 Å². The number of hydrogen-bond donors (Lipinski definition) is 1. The molecule has 0 aliphatic heterocycles. The van der Waals surface area contributed by atoms with Crippen LogP contribution in [0.5, 0.6) is 11.6 Å². The summed E-state index contributed by atoms with van der Waals surface area (Å²) in [6.45, 7) is 1.79. The largest absolute Gasteiger partial charge is 0.437 e. The molecule has 2 N–H and O–H groups in total. The standard InChI is InChI=1S/C11H9ClFN3O/c1-6-2-3-7(13)4-8(6)17-11-9(14)10(12)15-5-16-11/h2-5H,14H2,1H3. The van der Waals surface area contributed by atoms with Crippen LogP contribution in [-0.2, 0) is 0 Å². The Bertz CT molecular complexity index is 562. The number of benzene rings is 1. The Balaban J connectivity index is 2.38.